The fourth-order valence-electron chi connectivity index (χ4n) is 5.43. The summed E-state index contributed by atoms with van der Waals surface area (Å²) in [7, 11) is 0. The number of ether oxygens (including phenoxy) is 1. The molecule has 0 spiro atoms. The third-order valence-corrected chi connectivity index (χ3v) is 7.13. The quantitative estimate of drug-likeness (QED) is 0.302. The van der Waals surface area contributed by atoms with E-state index >= 15 is 0 Å². The Morgan fingerprint density at radius 1 is 1.19 bits per heavy atom. The number of piperidine rings is 1. The van der Waals surface area contributed by atoms with Gasteiger partial charge in [-0.3, -0.25) is 14.4 Å². The Bertz CT molecular complexity index is 757. The Morgan fingerprint density at radius 2 is 2.00 bits per heavy atom. The normalized spacial score (nSPS) is 25.5. The van der Waals surface area contributed by atoms with E-state index in [0.29, 0.717) is 32.5 Å². The maximum absolute atomic E-state index is 13.6. The number of nitrogens with zero attached hydrogens (tertiary/aromatic N) is 1. The smallest absolute Gasteiger partial charge is 0.318 e. The highest BCUT2D eigenvalue weighted by Crippen LogP contribution is 2.50. The van der Waals surface area contributed by atoms with Crippen molar-refractivity contribution in [3.63, 3.8) is 0 Å². The first-order valence-corrected chi connectivity index (χ1v) is 12.7. The molecule has 0 unspecified atom stereocenters. The summed E-state index contributed by atoms with van der Waals surface area (Å²) in [5, 5.41) is 2.94. The van der Waals surface area contributed by atoms with E-state index < -0.39 is 11.3 Å². The molecule has 1 saturated heterocycles. The Morgan fingerprint density at radius 3 is 2.72 bits per heavy atom. The van der Waals surface area contributed by atoms with E-state index in [1.807, 2.05) is 11.8 Å². The van der Waals surface area contributed by atoms with Crippen molar-refractivity contribution in [2.45, 2.75) is 90.9 Å². The zero-order valence-corrected chi connectivity index (χ0v) is 19.9. The molecule has 0 radical (unpaired) electrons. The lowest BCUT2D eigenvalue weighted by Gasteiger charge is -2.48. The second kappa shape index (κ2) is 11.7. The van der Waals surface area contributed by atoms with Gasteiger partial charge in [0.05, 0.1) is 6.61 Å². The highest BCUT2D eigenvalue weighted by molar-refractivity contribution is 5.92. The minimum atomic E-state index is -0.808. The molecule has 0 bridgehead atoms. The van der Waals surface area contributed by atoms with Crippen molar-refractivity contribution < 1.29 is 19.1 Å². The van der Waals surface area contributed by atoms with Gasteiger partial charge in [0, 0.05) is 31.1 Å². The zero-order valence-electron chi connectivity index (χ0n) is 19.9. The van der Waals surface area contributed by atoms with Crippen molar-refractivity contribution in [2.24, 2.45) is 11.3 Å². The number of carbonyl (C=O) groups excluding carboxylic acids is 3. The van der Waals surface area contributed by atoms with Gasteiger partial charge in [-0.2, -0.15) is 0 Å². The van der Waals surface area contributed by atoms with Crippen molar-refractivity contribution in [1.82, 2.24) is 10.2 Å². The molecule has 2 aliphatic carbocycles. The van der Waals surface area contributed by atoms with Crippen molar-refractivity contribution >= 4 is 17.8 Å². The number of amides is 2. The number of unbranched alkanes of at least 4 members (excludes halogenated alkanes) is 1. The monoisotopic (exact) mass is 444 g/mol. The van der Waals surface area contributed by atoms with Crippen LogP contribution < -0.4 is 5.32 Å². The number of hydrogen-bond acceptors (Lipinski definition) is 4. The Hall–Kier alpha value is -2.11. The number of rotatable bonds is 10. The van der Waals surface area contributed by atoms with Gasteiger partial charge in [0.15, 0.2) is 0 Å². The molecule has 3 aliphatic rings. The minimum Gasteiger partial charge on any atom is -0.465 e. The zero-order chi connectivity index (χ0) is 23.0. The topological polar surface area (TPSA) is 75.7 Å². The van der Waals surface area contributed by atoms with Crippen molar-refractivity contribution in [1.29, 1.82) is 0 Å². The van der Waals surface area contributed by atoms with Gasteiger partial charge in [0.1, 0.15) is 5.41 Å². The van der Waals surface area contributed by atoms with Crippen LogP contribution in [0.5, 0.6) is 0 Å². The number of carbonyl (C=O) groups is 3. The molecule has 0 saturated carbocycles. The van der Waals surface area contributed by atoms with Crippen LogP contribution in [0.25, 0.3) is 0 Å². The predicted octanol–water partition coefficient (Wildman–Crippen LogP) is 4.65. The maximum atomic E-state index is 13.6. The second-order valence-electron chi connectivity index (χ2n) is 9.44. The van der Waals surface area contributed by atoms with Gasteiger partial charge < -0.3 is 15.0 Å². The van der Waals surface area contributed by atoms with Gasteiger partial charge in [0.25, 0.3) is 0 Å². The van der Waals surface area contributed by atoms with E-state index in [9.17, 15) is 14.4 Å². The number of fused-ring (bicyclic) bond motifs is 1. The van der Waals surface area contributed by atoms with Gasteiger partial charge in [-0.25, -0.2) is 0 Å². The Kier molecular flexibility index (Phi) is 8.94. The van der Waals surface area contributed by atoms with Gasteiger partial charge in [-0.05, 0) is 71.1 Å². The molecular weight excluding hydrogens is 404 g/mol. The van der Waals surface area contributed by atoms with Crippen LogP contribution in [-0.2, 0) is 19.1 Å². The number of likely N-dealkylation sites (tertiary alicyclic amines) is 1. The lowest BCUT2D eigenvalue weighted by molar-refractivity contribution is -0.162. The standard InChI is InChI=1S/C26H40N2O4/c1-3-5-16-27-23(29)18-21-19-26(25(31)32-4-2)15-10-9-13-22(26)28(24(21)30)17-14-20-11-7-6-8-12-20/h11,13,21H,3-10,12,14-19H2,1-2H3,(H,27,29)/t21-,26+/m1/s1. The molecular formula is C26H40N2O4. The summed E-state index contributed by atoms with van der Waals surface area (Å²) >= 11 is 0. The largest absolute Gasteiger partial charge is 0.465 e. The van der Waals surface area contributed by atoms with Gasteiger partial charge >= 0.3 is 5.97 Å². The van der Waals surface area contributed by atoms with Crippen LogP contribution in [0.15, 0.2) is 23.4 Å². The molecule has 6 nitrogen and oxygen atoms in total. The molecule has 1 aliphatic heterocycles. The van der Waals surface area contributed by atoms with Crippen LogP contribution in [0.3, 0.4) is 0 Å². The molecule has 0 aromatic heterocycles. The second-order valence-corrected chi connectivity index (χ2v) is 9.44. The number of esters is 1. The summed E-state index contributed by atoms with van der Waals surface area (Å²) in [6.45, 7) is 5.42. The first-order chi connectivity index (χ1) is 15.5. The Labute approximate surface area is 192 Å². The molecule has 2 amide bonds. The molecule has 178 valence electrons. The van der Waals surface area contributed by atoms with Crippen LogP contribution >= 0.6 is 0 Å². The van der Waals surface area contributed by atoms with Gasteiger partial charge in [0.2, 0.25) is 11.8 Å². The highest BCUT2D eigenvalue weighted by Gasteiger charge is 2.54. The predicted molar refractivity (Wildman–Crippen MR) is 125 cm³/mol. The number of hydrogen-bond donors (Lipinski definition) is 1. The van der Waals surface area contributed by atoms with E-state index in [1.165, 1.54) is 18.4 Å². The molecule has 1 heterocycles. The highest BCUT2D eigenvalue weighted by atomic mass is 16.5. The molecule has 1 fully saturated rings. The molecule has 0 aromatic carbocycles. The third kappa shape index (κ3) is 5.62. The maximum Gasteiger partial charge on any atom is 0.318 e. The van der Waals surface area contributed by atoms with E-state index in [1.54, 1.807) is 0 Å². The lowest BCUT2D eigenvalue weighted by atomic mass is 9.66. The van der Waals surface area contributed by atoms with E-state index in [-0.39, 0.29) is 24.2 Å². The fraction of sp³-hybridized carbons (Fsp3) is 0.731. The van der Waals surface area contributed by atoms with E-state index in [0.717, 1.165) is 50.6 Å². The fourth-order valence-corrected chi connectivity index (χ4v) is 5.43. The number of nitrogens with one attached hydrogen (secondary N) is 1. The molecule has 0 aromatic rings. The summed E-state index contributed by atoms with van der Waals surface area (Å²) in [4.78, 5) is 41.2. The molecule has 1 N–H and O–H groups in total. The lowest BCUT2D eigenvalue weighted by Crippen LogP contribution is -2.54. The van der Waals surface area contributed by atoms with Crippen LogP contribution in [0, 0.1) is 11.3 Å². The summed E-state index contributed by atoms with van der Waals surface area (Å²) in [5.41, 5.74) is 1.42. The van der Waals surface area contributed by atoms with Crippen LogP contribution in [0.1, 0.15) is 90.9 Å². The summed E-state index contributed by atoms with van der Waals surface area (Å²) in [5.74, 6) is -0.845. The van der Waals surface area contributed by atoms with E-state index in [4.69, 9.17) is 4.74 Å². The molecule has 6 heteroatoms. The summed E-state index contributed by atoms with van der Waals surface area (Å²) in [6.07, 6.45) is 14.7. The Balaban J connectivity index is 1.84. The van der Waals surface area contributed by atoms with Crippen molar-refractivity contribution in [3.05, 3.63) is 23.4 Å². The molecule has 32 heavy (non-hydrogen) atoms. The van der Waals surface area contributed by atoms with Crippen molar-refractivity contribution in [2.75, 3.05) is 19.7 Å². The first kappa shape index (κ1) is 24.5. The van der Waals surface area contributed by atoms with Crippen molar-refractivity contribution in [3.8, 4) is 0 Å². The summed E-state index contributed by atoms with van der Waals surface area (Å²) < 4.78 is 5.52. The average molecular weight is 445 g/mol. The van der Waals surface area contributed by atoms with Crippen LogP contribution in [0.2, 0.25) is 0 Å². The first-order valence-electron chi connectivity index (χ1n) is 12.7. The number of allylic oxidation sites excluding steroid dienone is 2. The van der Waals surface area contributed by atoms with Gasteiger partial charge in [-0.15, -0.1) is 0 Å². The minimum absolute atomic E-state index is 0.0138. The summed E-state index contributed by atoms with van der Waals surface area (Å²) in [6, 6.07) is 0. The average Bonchev–Trinajstić information content (AvgIpc) is 2.80. The molecule has 3 rings (SSSR count). The SMILES string of the molecule is CCCCNC(=O)C[C@@H]1C[C@@]2(C(=O)OCC)CCCC=C2N(CCC2=CCCCC2)C1=O. The van der Waals surface area contributed by atoms with Crippen LogP contribution in [0.4, 0.5) is 0 Å². The van der Waals surface area contributed by atoms with Gasteiger partial charge in [-0.1, -0.05) is 31.1 Å². The van der Waals surface area contributed by atoms with Crippen LogP contribution in [-0.4, -0.2) is 42.4 Å². The van der Waals surface area contributed by atoms with E-state index in [2.05, 4.69) is 24.4 Å². The molecule has 2 atom stereocenters. The third-order valence-electron chi connectivity index (χ3n) is 7.13.